The Bertz CT molecular complexity index is 575. The molecule has 2 rings (SSSR count). The summed E-state index contributed by atoms with van der Waals surface area (Å²) in [5, 5.41) is 2.80. The molecular formula is C15H20N4O3. The number of primary amides is 1. The molecule has 22 heavy (non-hydrogen) atoms. The molecule has 1 aromatic heterocycles. The van der Waals surface area contributed by atoms with Gasteiger partial charge in [0.05, 0.1) is 12.0 Å². The summed E-state index contributed by atoms with van der Waals surface area (Å²) < 4.78 is 0. The second-order valence-electron chi connectivity index (χ2n) is 5.81. The van der Waals surface area contributed by atoms with Crippen molar-refractivity contribution in [1.82, 2.24) is 15.2 Å². The van der Waals surface area contributed by atoms with Gasteiger partial charge in [-0.15, -0.1) is 0 Å². The third-order valence-corrected chi connectivity index (χ3v) is 3.87. The lowest BCUT2D eigenvalue weighted by Gasteiger charge is -2.22. The first-order valence-electron chi connectivity index (χ1n) is 7.14. The highest BCUT2D eigenvalue weighted by Crippen LogP contribution is 2.34. The first-order chi connectivity index (χ1) is 10.4. The normalized spacial score (nSPS) is 21.0. The van der Waals surface area contributed by atoms with Crippen molar-refractivity contribution in [2.75, 3.05) is 13.1 Å². The molecule has 0 radical (unpaired) electrons. The molecule has 0 spiro atoms. The van der Waals surface area contributed by atoms with Crippen LogP contribution in [0.15, 0.2) is 24.5 Å². The molecule has 1 unspecified atom stereocenters. The molecule has 1 saturated heterocycles. The van der Waals surface area contributed by atoms with Crippen molar-refractivity contribution in [2.24, 2.45) is 11.1 Å². The lowest BCUT2D eigenvalue weighted by Crippen LogP contribution is -2.40. The van der Waals surface area contributed by atoms with Crippen LogP contribution >= 0.6 is 0 Å². The molecule has 0 aromatic carbocycles. The van der Waals surface area contributed by atoms with E-state index in [-0.39, 0.29) is 24.8 Å². The number of nitrogens with two attached hydrogens (primary N) is 1. The van der Waals surface area contributed by atoms with Crippen LogP contribution < -0.4 is 11.1 Å². The molecule has 0 aliphatic carbocycles. The second-order valence-corrected chi connectivity index (χ2v) is 5.81. The highest BCUT2D eigenvalue weighted by Gasteiger charge is 2.44. The first-order valence-corrected chi connectivity index (χ1v) is 7.14. The van der Waals surface area contributed by atoms with E-state index in [0.29, 0.717) is 19.5 Å². The van der Waals surface area contributed by atoms with Crippen molar-refractivity contribution in [3.8, 4) is 0 Å². The van der Waals surface area contributed by atoms with E-state index in [0.717, 1.165) is 5.56 Å². The number of carbonyl (C=O) groups excluding carboxylic acids is 3. The Labute approximate surface area is 128 Å². The van der Waals surface area contributed by atoms with E-state index >= 15 is 0 Å². The van der Waals surface area contributed by atoms with Crippen LogP contribution in [-0.2, 0) is 20.9 Å². The van der Waals surface area contributed by atoms with Gasteiger partial charge in [0.1, 0.15) is 0 Å². The molecule has 1 aliphatic heterocycles. The average molecular weight is 304 g/mol. The van der Waals surface area contributed by atoms with E-state index in [1.807, 2.05) is 12.1 Å². The Morgan fingerprint density at radius 2 is 2.09 bits per heavy atom. The fourth-order valence-electron chi connectivity index (χ4n) is 2.59. The van der Waals surface area contributed by atoms with Crippen molar-refractivity contribution >= 4 is 17.7 Å². The molecule has 1 aromatic rings. The molecule has 0 saturated carbocycles. The topological polar surface area (TPSA) is 105 Å². The molecule has 1 aliphatic rings. The molecule has 3 amide bonds. The van der Waals surface area contributed by atoms with Gasteiger partial charge in [-0.25, -0.2) is 0 Å². The van der Waals surface area contributed by atoms with E-state index in [2.05, 4.69) is 10.3 Å². The number of hydrogen-bond donors (Lipinski definition) is 2. The van der Waals surface area contributed by atoms with Crippen LogP contribution in [0.1, 0.15) is 25.3 Å². The monoisotopic (exact) mass is 304 g/mol. The summed E-state index contributed by atoms with van der Waals surface area (Å²) in [7, 11) is 0. The molecule has 7 heteroatoms. The summed E-state index contributed by atoms with van der Waals surface area (Å²) in [4.78, 5) is 40.6. The minimum absolute atomic E-state index is 0.0902. The highest BCUT2D eigenvalue weighted by atomic mass is 16.2. The smallest absolute Gasteiger partial charge is 0.237 e. The number of hydrogen-bond acceptors (Lipinski definition) is 4. The van der Waals surface area contributed by atoms with E-state index in [9.17, 15) is 14.4 Å². The zero-order valence-electron chi connectivity index (χ0n) is 12.5. The third kappa shape index (κ3) is 3.81. The highest BCUT2D eigenvalue weighted by molar-refractivity contribution is 5.92. The fourth-order valence-corrected chi connectivity index (χ4v) is 2.59. The van der Waals surface area contributed by atoms with Gasteiger partial charge in [0.15, 0.2) is 0 Å². The number of aromatic nitrogens is 1. The summed E-state index contributed by atoms with van der Waals surface area (Å²) in [6.45, 7) is 2.52. The quantitative estimate of drug-likeness (QED) is 0.760. The standard InChI is InChI=1S/C15H20N4O3/c1-15(4-7-19(14(15)22)10-12(16)20)8-13(21)18-9-11-2-5-17-6-3-11/h2-3,5-6H,4,7-10H2,1H3,(H2,16,20)(H,18,21). The van der Waals surface area contributed by atoms with Crippen molar-refractivity contribution in [2.45, 2.75) is 26.3 Å². The van der Waals surface area contributed by atoms with Gasteiger partial charge in [-0.3, -0.25) is 19.4 Å². The molecule has 118 valence electrons. The summed E-state index contributed by atoms with van der Waals surface area (Å²) in [5.74, 6) is -0.918. The Morgan fingerprint density at radius 3 is 2.73 bits per heavy atom. The average Bonchev–Trinajstić information content (AvgIpc) is 2.74. The zero-order valence-corrected chi connectivity index (χ0v) is 12.5. The van der Waals surface area contributed by atoms with Crippen LogP contribution in [0.5, 0.6) is 0 Å². The molecule has 1 atom stereocenters. The molecular weight excluding hydrogens is 284 g/mol. The lowest BCUT2D eigenvalue weighted by molar-refractivity contribution is -0.140. The number of nitrogens with one attached hydrogen (secondary N) is 1. The SMILES string of the molecule is CC1(CC(=O)NCc2ccncc2)CCN(CC(N)=O)C1=O. The van der Waals surface area contributed by atoms with Gasteiger partial charge >= 0.3 is 0 Å². The minimum atomic E-state index is -0.766. The van der Waals surface area contributed by atoms with Crippen LogP contribution in [0.3, 0.4) is 0 Å². The summed E-state index contributed by atoms with van der Waals surface area (Å²) in [6.07, 6.45) is 3.96. The van der Waals surface area contributed by atoms with Crippen LogP contribution in [-0.4, -0.2) is 40.7 Å². The Hall–Kier alpha value is -2.44. The van der Waals surface area contributed by atoms with Crippen molar-refractivity contribution in [1.29, 1.82) is 0 Å². The molecule has 7 nitrogen and oxygen atoms in total. The number of nitrogens with zero attached hydrogens (tertiary/aromatic N) is 2. The maximum Gasteiger partial charge on any atom is 0.237 e. The summed E-state index contributed by atoms with van der Waals surface area (Å²) in [5.41, 5.74) is 5.30. The van der Waals surface area contributed by atoms with Gasteiger partial charge in [-0.2, -0.15) is 0 Å². The predicted molar refractivity (Wildman–Crippen MR) is 79.2 cm³/mol. The molecule has 0 bridgehead atoms. The van der Waals surface area contributed by atoms with Crippen LogP contribution in [0.25, 0.3) is 0 Å². The largest absolute Gasteiger partial charge is 0.368 e. The van der Waals surface area contributed by atoms with E-state index in [1.54, 1.807) is 19.3 Å². The van der Waals surface area contributed by atoms with Crippen LogP contribution in [0.4, 0.5) is 0 Å². The maximum absolute atomic E-state index is 12.3. The number of pyridine rings is 1. The minimum Gasteiger partial charge on any atom is -0.368 e. The molecule has 1 fully saturated rings. The van der Waals surface area contributed by atoms with Crippen molar-refractivity contribution in [3.05, 3.63) is 30.1 Å². The van der Waals surface area contributed by atoms with Crippen LogP contribution in [0, 0.1) is 5.41 Å². The van der Waals surface area contributed by atoms with E-state index < -0.39 is 11.3 Å². The Morgan fingerprint density at radius 1 is 1.41 bits per heavy atom. The Balaban J connectivity index is 1.88. The third-order valence-electron chi connectivity index (χ3n) is 3.87. The number of rotatable bonds is 6. The maximum atomic E-state index is 12.3. The zero-order chi connectivity index (χ0) is 16.2. The Kier molecular flexibility index (Phi) is 4.75. The number of likely N-dealkylation sites (tertiary alicyclic amines) is 1. The number of carbonyl (C=O) groups is 3. The van der Waals surface area contributed by atoms with Crippen molar-refractivity contribution < 1.29 is 14.4 Å². The molecule has 3 N–H and O–H groups in total. The molecule has 2 heterocycles. The second kappa shape index (κ2) is 6.55. The van der Waals surface area contributed by atoms with Crippen molar-refractivity contribution in [3.63, 3.8) is 0 Å². The van der Waals surface area contributed by atoms with E-state index in [1.165, 1.54) is 4.90 Å². The van der Waals surface area contributed by atoms with Gasteiger partial charge < -0.3 is 16.0 Å². The summed E-state index contributed by atoms with van der Waals surface area (Å²) >= 11 is 0. The van der Waals surface area contributed by atoms with Crippen LogP contribution in [0.2, 0.25) is 0 Å². The fraction of sp³-hybridized carbons (Fsp3) is 0.467. The van der Waals surface area contributed by atoms with Gasteiger partial charge in [0, 0.05) is 31.9 Å². The van der Waals surface area contributed by atoms with Gasteiger partial charge in [0.25, 0.3) is 0 Å². The number of amides is 3. The lowest BCUT2D eigenvalue weighted by atomic mass is 9.85. The van der Waals surface area contributed by atoms with E-state index in [4.69, 9.17) is 5.73 Å². The van der Waals surface area contributed by atoms with Gasteiger partial charge in [0.2, 0.25) is 17.7 Å². The van der Waals surface area contributed by atoms with Gasteiger partial charge in [-0.1, -0.05) is 6.92 Å². The van der Waals surface area contributed by atoms with Gasteiger partial charge in [-0.05, 0) is 24.1 Å². The first kappa shape index (κ1) is 15.9. The summed E-state index contributed by atoms with van der Waals surface area (Å²) in [6, 6.07) is 3.63. The predicted octanol–water partition coefficient (Wildman–Crippen LogP) is -0.188.